The Morgan fingerprint density at radius 3 is 2.91 bits per heavy atom. The molecule has 3 rings (SSSR count). The van der Waals surface area contributed by atoms with Gasteiger partial charge in [0, 0.05) is 25.0 Å². The Labute approximate surface area is 131 Å². The summed E-state index contributed by atoms with van der Waals surface area (Å²) in [5, 5.41) is 6.80. The summed E-state index contributed by atoms with van der Waals surface area (Å²) in [6.45, 7) is 5.86. The van der Waals surface area contributed by atoms with Gasteiger partial charge in [0.15, 0.2) is 5.96 Å². The zero-order valence-corrected chi connectivity index (χ0v) is 13.2. The quantitative estimate of drug-likeness (QED) is 0.658. The summed E-state index contributed by atoms with van der Waals surface area (Å²) in [6.07, 6.45) is 6.80. The van der Waals surface area contributed by atoms with Gasteiger partial charge in [0.2, 0.25) is 0 Å². The molecule has 0 amide bonds. The van der Waals surface area contributed by atoms with Crippen molar-refractivity contribution in [3.8, 4) is 5.69 Å². The first kappa shape index (κ1) is 14.6. The van der Waals surface area contributed by atoms with E-state index in [0.717, 1.165) is 24.1 Å². The second-order valence-electron chi connectivity index (χ2n) is 5.76. The van der Waals surface area contributed by atoms with Crippen LogP contribution in [0.3, 0.4) is 0 Å². The summed E-state index contributed by atoms with van der Waals surface area (Å²) in [5.74, 6) is 1.65. The molecule has 5 nitrogen and oxygen atoms in total. The molecule has 0 bridgehead atoms. The maximum Gasteiger partial charge on any atom is 0.191 e. The Morgan fingerprint density at radius 2 is 2.23 bits per heavy atom. The highest BCUT2D eigenvalue weighted by molar-refractivity contribution is 5.80. The van der Waals surface area contributed by atoms with Crippen LogP contribution in [0.1, 0.15) is 25.8 Å². The van der Waals surface area contributed by atoms with E-state index in [1.54, 1.807) is 6.20 Å². The van der Waals surface area contributed by atoms with Crippen molar-refractivity contribution in [3.63, 3.8) is 0 Å². The molecule has 1 heterocycles. The molecular weight excluding hydrogens is 274 g/mol. The van der Waals surface area contributed by atoms with Crippen molar-refractivity contribution in [3.05, 3.63) is 48.5 Å². The van der Waals surface area contributed by atoms with Crippen LogP contribution in [0.5, 0.6) is 0 Å². The first-order valence-electron chi connectivity index (χ1n) is 7.89. The third kappa shape index (κ3) is 3.47. The third-order valence-corrected chi connectivity index (χ3v) is 3.96. The predicted octanol–water partition coefficient (Wildman–Crippen LogP) is 2.34. The zero-order chi connectivity index (χ0) is 15.4. The molecule has 1 aliphatic carbocycles. The zero-order valence-electron chi connectivity index (χ0n) is 13.2. The molecule has 1 aliphatic rings. The van der Waals surface area contributed by atoms with Crippen LogP contribution in [0.15, 0.2) is 48.0 Å². The molecule has 0 aliphatic heterocycles. The van der Waals surface area contributed by atoms with Gasteiger partial charge in [0.05, 0.1) is 18.6 Å². The van der Waals surface area contributed by atoms with Crippen molar-refractivity contribution in [2.75, 3.05) is 6.54 Å². The van der Waals surface area contributed by atoms with Gasteiger partial charge in [0.25, 0.3) is 0 Å². The maximum atomic E-state index is 4.73. The van der Waals surface area contributed by atoms with Crippen molar-refractivity contribution < 1.29 is 0 Å². The third-order valence-electron chi connectivity index (χ3n) is 3.96. The van der Waals surface area contributed by atoms with Crippen LogP contribution < -0.4 is 10.6 Å². The Kier molecular flexibility index (Phi) is 4.42. The van der Waals surface area contributed by atoms with Gasteiger partial charge in [-0.1, -0.05) is 25.1 Å². The first-order chi connectivity index (χ1) is 10.8. The molecule has 116 valence electrons. The number of benzene rings is 1. The standard InChI is InChI=1S/C17H23N5/c1-3-19-17(21-15-10-13(15)2)20-11-14-6-4-5-7-16(14)22-9-8-18-12-22/h4-9,12-13,15H,3,10-11H2,1-2H3,(H2,19,20,21). The molecule has 1 aromatic carbocycles. The summed E-state index contributed by atoms with van der Waals surface area (Å²) < 4.78 is 2.02. The van der Waals surface area contributed by atoms with Gasteiger partial charge < -0.3 is 15.2 Å². The second-order valence-corrected chi connectivity index (χ2v) is 5.76. The van der Waals surface area contributed by atoms with Crippen molar-refractivity contribution >= 4 is 5.96 Å². The summed E-state index contributed by atoms with van der Waals surface area (Å²) in [5.41, 5.74) is 2.31. The minimum absolute atomic E-state index is 0.571. The average molecular weight is 297 g/mol. The van der Waals surface area contributed by atoms with E-state index >= 15 is 0 Å². The number of aromatic nitrogens is 2. The molecule has 2 aromatic rings. The lowest BCUT2D eigenvalue weighted by atomic mass is 10.2. The first-order valence-corrected chi connectivity index (χ1v) is 7.89. The van der Waals surface area contributed by atoms with E-state index in [-0.39, 0.29) is 0 Å². The normalized spacial score (nSPS) is 20.7. The Morgan fingerprint density at radius 1 is 1.41 bits per heavy atom. The van der Waals surface area contributed by atoms with E-state index in [1.165, 1.54) is 12.0 Å². The minimum Gasteiger partial charge on any atom is -0.357 e. The molecule has 2 atom stereocenters. The van der Waals surface area contributed by atoms with Crippen LogP contribution in [0.2, 0.25) is 0 Å². The molecule has 22 heavy (non-hydrogen) atoms. The molecule has 0 radical (unpaired) electrons. The molecule has 5 heteroatoms. The Balaban J connectivity index is 1.75. The SMILES string of the molecule is CCNC(=NCc1ccccc1-n1ccnc1)NC1CC1C. The van der Waals surface area contributed by atoms with Crippen LogP contribution in [0.4, 0.5) is 0 Å². The number of nitrogens with zero attached hydrogens (tertiary/aromatic N) is 3. The van der Waals surface area contributed by atoms with Crippen LogP contribution in [0, 0.1) is 5.92 Å². The molecule has 1 aromatic heterocycles. The van der Waals surface area contributed by atoms with E-state index < -0.39 is 0 Å². The lowest BCUT2D eigenvalue weighted by Crippen LogP contribution is -2.39. The van der Waals surface area contributed by atoms with Gasteiger partial charge in [-0.25, -0.2) is 9.98 Å². The smallest absolute Gasteiger partial charge is 0.191 e. The number of nitrogens with one attached hydrogen (secondary N) is 2. The molecule has 2 N–H and O–H groups in total. The number of guanidine groups is 1. The van der Waals surface area contributed by atoms with Gasteiger partial charge >= 0.3 is 0 Å². The number of rotatable bonds is 5. The van der Waals surface area contributed by atoms with Gasteiger partial charge in [-0.3, -0.25) is 0 Å². The monoisotopic (exact) mass is 297 g/mol. The number of para-hydroxylation sites is 1. The Hall–Kier alpha value is -2.30. The predicted molar refractivity (Wildman–Crippen MR) is 89.1 cm³/mol. The lowest BCUT2D eigenvalue weighted by Gasteiger charge is -2.12. The topological polar surface area (TPSA) is 54.2 Å². The average Bonchev–Trinajstić information content (AvgIpc) is 3.02. The summed E-state index contributed by atoms with van der Waals surface area (Å²) >= 11 is 0. The molecule has 1 saturated carbocycles. The Bertz CT molecular complexity index is 632. The van der Waals surface area contributed by atoms with E-state index in [2.05, 4.69) is 47.7 Å². The highest BCUT2D eigenvalue weighted by Gasteiger charge is 2.33. The number of imidazole rings is 1. The fraction of sp³-hybridized carbons (Fsp3) is 0.412. The highest BCUT2D eigenvalue weighted by Crippen LogP contribution is 2.28. The fourth-order valence-electron chi connectivity index (χ4n) is 2.48. The lowest BCUT2D eigenvalue weighted by molar-refractivity contribution is 0.766. The van der Waals surface area contributed by atoms with Gasteiger partial charge in [0.1, 0.15) is 0 Å². The van der Waals surface area contributed by atoms with Gasteiger partial charge in [-0.15, -0.1) is 0 Å². The van der Waals surface area contributed by atoms with Crippen LogP contribution >= 0.6 is 0 Å². The molecule has 0 saturated heterocycles. The van der Waals surface area contributed by atoms with E-state index in [4.69, 9.17) is 4.99 Å². The van der Waals surface area contributed by atoms with E-state index in [1.807, 2.05) is 23.2 Å². The molecule has 2 unspecified atom stereocenters. The van der Waals surface area contributed by atoms with Crippen LogP contribution in [0.25, 0.3) is 5.69 Å². The number of aliphatic imine (C=N–C) groups is 1. The van der Waals surface area contributed by atoms with Crippen LogP contribution in [-0.4, -0.2) is 28.1 Å². The molecular formula is C17H23N5. The van der Waals surface area contributed by atoms with Crippen LogP contribution in [-0.2, 0) is 6.54 Å². The summed E-state index contributed by atoms with van der Waals surface area (Å²) in [4.78, 5) is 8.85. The fourth-order valence-corrected chi connectivity index (χ4v) is 2.48. The largest absolute Gasteiger partial charge is 0.357 e. The summed E-state index contributed by atoms with van der Waals surface area (Å²) in [6, 6.07) is 8.87. The highest BCUT2D eigenvalue weighted by atomic mass is 15.2. The number of hydrogen-bond donors (Lipinski definition) is 2. The maximum absolute atomic E-state index is 4.73. The van der Waals surface area contributed by atoms with Gasteiger partial charge in [-0.05, 0) is 30.9 Å². The van der Waals surface area contributed by atoms with Crippen molar-refractivity contribution in [2.24, 2.45) is 10.9 Å². The second kappa shape index (κ2) is 6.64. The van der Waals surface area contributed by atoms with E-state index in [9.17, 15) is 0 Å². The van der Waals surface area contributed by atoms with Gasteiger partial charge in [-0.2, -0.15) is 0 Å². The van der Waals surface area contributed by atoms with Crippen molar-refractivity contribution in [2.45, 2.75) is 32.9 Å². The van der Waals surface area contributed by atoms with Crippen molar-refractivity contribution in [1.29, 1.82) is 0 Å². The molecule has 0 spiro atoms. The minimum atomic E-state index is 0.571. The van der Waals surface area contributed by atoms with E-state index in [0.29, 0.717) is 12.6 Å². The number of hydrogen-bond acceptors (Lipinski definition) is 2. The van der Waals surface area contributed by atoms with Crippen molar-refractivity contribution in [1.82, 2.24) is 20.2 Å². The summed E-state index contributed by atoms with van der Waals surface area (Å²) in [7, 11) is 0. The molecule has 1 fully saturated rings.